The Bertz CT molecular complexity index is 684. The van der Waals surface area contributed by atoms with E-state index in [9.17, 15) is 0 Å². The number of hydrogen-bond donors (Lipinski definition) is 0. The summed E-state index contributed by atoms with van der Waals surface area (Å²) < 4.78 is 13.0. The van der Waals surface area contributed by atoms with Crippen LogP contribution in [0.5, 0.6) is 0 Å². The maximum absolute atomic E-state index is 5.46. The van der Waals surface area contributed by atoms with Crippen molar-refractivity contribution in [1.82, 2.24) is 19.7 Å². The third-order valence-corrected chi connectivity index (χ3v) is 5.05. The van der Waals surface area contributed by atoms with Crippen molar-refractivity contribution < 1.29 is 9.47 Å². The number of fused-ring (bicyclic) bond motifs is 1. The first-order valence-corrected chi connectivity index (χ1v) is 8.98. The molecule has 4 heterocycles. The predicted octanol–water partition coefficient (Wildman–Crippen LogP) is 1.85. The minimum atomic E-state index is 0.244. The first-order valence-electron chi connectivity index (χ1n) is 8.98. The quantitative estimate of drug-likeness (QED) is 0.825. The van der Waals surface area contributed by atoms with Crippen molar-refractivity contribution >= 4 is 5.95 Å². The number of hydrogen-bond acceptors (Lipinski definition) is 6. The summed E-state index contributed by atoms with van der Waals surface area (Å²) in [6.07, 6.45) is 8.02. The van der Waals surface area contributed by atoms with Crippen LogP contribution in [-0.4, -0.2) is 53.2 Å². The molecule has 0 aliphatic carbocycles. The van der Waals surface area contributed by atoms with Gasteiger partial charge in [0.2, 0.25) is 5.95 Å². The molecule has 25 heavy (non-hydrogen) atoms. The highest BCUT2D eigenvalue weighted by Gasteiger charge is 2.30. The van der Waals surface area contributed by atoms with Gasteiger partial charge in [-0.15, -0.1) is 0 Å². The van der Waals surface area contributed by atoms with Crippen molar-refractivity contribution in [3.8, 4) is 0 Å². The summed E-state index contributed by atoms with van der Waals surface area (Å²) in [5.74, 6) is 1.67. The molecule has 0 saturated carbocycles. The first-order chi connectivity index (χ1) is 12.3. The van der Waals surface area contributed by atoms with Gasteiger partial charge >= 0.3 is 0 Å². The predicted molar refractivity (Wildman–Crippen MR) is 93.5 cm³/mol. The van der Waals surface area contributed by atoms with Gasteiger partial charge in [-0.1, -0.05) is 0 Å². The van der Waals surface area contributed by atoms with Crippen LogP contribution in [0.2, 0.25) is 0 Å². The van der Waals surface area contributed by atoms with Crippen LogP contribution in [0.25, 0.3) is 0 Å². The second kappa shape index (κ2) is 7.49. The van der Waals surface area contributed by atoms with Gasteiger partial charge in [-0.2, -0.15) is 5.10 Å². The highest BCUT2D eigenvalue weighted by Crippen LogP contribution is 2.30. The van der Waals surface area contributed by atoms with Crippen LogP contribution in [0.15, 0.2) is 24.7 Å². The summed E-state index contributed by atoms with van der Waals surface area (Å²) >= 11 is 0. The molecule has 0 amide bonds. The van der Waals surface area contributed by atoms with Gasteiger partial charge in [-0.3, -0.25) is 4.68 Å². The topological polar surface area (TPSA) is 65.3 Å². The van der Waals surface area contributed by atoms with E-state index < -0.39 is 0 Å². The summed E-state index contributed by atoms with van der Waals surface area (Å²) in [7, 11) is 1.75. The number of methoxy groups -OCH3 is 1. The summed E-state index contributed by atoms with van der Waals surface area (Å²) in [6, 6.07) is 1.84. The number of ether oxygens (including phenoxy) is 2. The maximum atomic E-state index is 5.46. The van der Waals surface area contributed by atoms with Gasteiger partial charge in [0.1, 0.15) is 0 Å². The second-order valence-corrected chi connectivity index (χ2v) is 6.90. The van der Waals surface area contributed by atoms with Crippen molar-refractivity contribution in [2.45, 2.75) is 31.8 Å². The van der Waals surface area contributed by atoms with Crippen LogP contribution in [0, 0.1) is 5.92 Å². The van der Waals surface area contributed by atoms with Crippen molar-refractivity contribution in [3.63, 3.8) is 0 Å². The fourth-order valence-electron chi connectivity index (χ4n) is 3.79. The molecular weight excluding hydrogens is 318 g/mol. The van der Waals surface area contributed by atoms with E-state index in [-0.39, 0.29) is 5.92 Å². The average molecular weight is 343 g/mol. The summed E-state index contributed by atoms with van der Waals surface area (Å²) in [5.41, 5.74) is 2.42. The highest BCUT2D eigenvalue weighted by atomic mass is 16.5. The Labute approximate surface area is 148 Å². The molecule has 7 nitrogen and oxygen atoms in total. The van der Waals surface area contributed by atoms with E-state index in [1.54, 1.807) is 19.5 Å². The third kappa shape index (κ3) is 3.67. The number of rotatable bonds is 5. The van der Waals surface area contributed by atoms with E-state index in [2.05, 4.69) is 25.7 Å². The molecule has 7 heteroatoms. The molecule has 1 saturated heterocycles. The van der Waals surface area contributed by atoms with Gasteiger partial charge in [0, 0.05) is 70.0 Å². The average Bonchev–Trinajstić information content (AvgIpc) is 3.06. The lowest BCUT2D eigenvalue weighted by atomic mass is 9.97. The molecule has 2 aromatic heterocycles. The smallest absolute Gasteiger partial charge is 0.225 e. The lowest BCUT2D eigenvalue weighted by molar-refractivity contribution is 0.0601. The molecule has 134 valence electrons. The lowest BCUT2D eigenvalue weighted by Gasteiger charge is -2.31. The van der Waals surface area contributed by atoms with Gasteiger partial charge in [-0.25, -0.2) is 9.97 Å². The SMILES string of the molecule is COCC1CN(c2ncccn2)Cc2cn(CC3CCOCC3)nc21. The van der Waals surface area contributed by atoms with Gasteiger partial charge in [0.25, 0.3) is 0 Å². The van der Waals surface area contributed by atoms with Crippen LogP contribution in [0.4, 0.5) is 5.95 Å². The van der Waals surface area contributed by atoms with Gasteiger partial charge in [-0.05, 0) is 24.8 Å². The molecule has 4 rings (SSSR count). The third-order valence-electron chi connectivity index (χ3n) is 5.05. The van der Waals surface area contributed by atoms with E-state index in [1.807, 2.05) is 6.07 Å². The molecular formula is C18H25N5O2. The molecule has 0 aromatic carbocycles. The Morgan fingerprint density at radius 3 is 2.80 bits per heavy atom. The molecule has 2 aliphatic heterocycles. The molecule has 2 aromatic rings. The van der Waals surface area contributed by atoms with Gasteiger partial charge in [0.15, 0.2) is 0 Å². The maximum Gasteiger partial charge on any atom is 0.225 e. The zero-order valence-corrected chi connectivity index (χ0v) is 14.7. The lowest BCUT2D eigenvalue weighted by Crippen LogP contribution is -2.36. The van der Waals surface area contributed by atoms with E-state index in [4.69, 9.17) is 14.6 Å². The van der Waals surface area contributed by atoms with E-state index in [1.165, 1.54) is 11.3 Å². The van der Waals surface area contributed by atoms with Crippen molar-refractivity contribution in [2.75, 3.05) is 38.4 Å². The molecule has 0 spiro atoms. The minimum absolute atomic E-state index is 0.244. The monoisotopic (exact) mass is 343 g/mol. The summed E-state index contributed by atoms with van der Waals surface area (Å²) in [6.45, 7) is 5.00. The fourth-order valence-corrected chi connectivity index (χ4v) is 3.79. The van der Waals surface area contributed by atoms with Crippen LogP contribution in [-0.2, 0) is 22.6 Å². The second-order valence-electron chi connectivity index (χ2n) is 6.90. The Morgan fingerprint density at radius 1 is 1.24 bits per heavy atom. The summed E-state index contributed by atoms with van der Waals surface area (Å²) in [4.78, 5) is 11.0. The van der Waals surface area contributed by atoms with Crippen LogP contribution in [0.3, 0.4) is 0 Å². The zero-order valence-electron chi connectivity index (χ0n) is 14.7. The largest absolute Gasteiger partial charge is 0.384 e. The molecule has 1 atom stereocenters. The fraction of sp³-hybridized carbons (Fsp3) is 0.611. The molecule has 1 fully saturated rings. The van der Waals surface area contributed by atoms with Crippen LogP contribution in [0.1, 0.15) is 30.0 Å². The highest BCUT2D eigenvalue weighted by molar-refractivity contribution is 5.38. The normalized spacial score (nSPS) is 21.3. The standard InChI is InChI=1S/C18H25N5O2/c1-24-13-16-11-22(18-19-5-2-6-20-18)10-15-12-23(21-17(15)16)9-14-3-7-25-8-4-14/h2,5-6,12,14,16H,3-4,7-11,13H2,1H3. The summed E-state index contributed by atoms with van der Waals surface area (Å²) in [5, 5.41) is 4.90. The Hall–Kier alpha value is -1.99. The zero-order chi connectivity index (χ0) is 17.1. The molecule has 0 radical (unpaired) electrons. The van der Waals surface area contributed by atoms with Crippen molar-refractivity contribution in [1.29, 1.82) is 0 Å². The van der Waals surface area contributed by atoms with E-state index in [0.29, 0.717) is 12.5 Å². The number of anilines is 1. The van der Waals surface area contributed by atoms with Gasteiger partial charge < -0.3 is 14.4 Å². The molecule has 1 unspecified atom stereocenters. The van der Waals surface area contributed by atoms with E-state index >= 15 is 0 Å². The molecule has 0 N–H and O–H groups in total. The van der Waals surface area contributed by atoms with Gasteiger partial charge in [0.05, 0.1) is 12.3 Å². The minimum Gasteiger partial charge on any atom is -0.384 e. The molecule has 2 aliphatic rings. The van der Waals surface area contributed by atoms with Crippen molar-refractivity contribution in [3.05, 3.63) is 35.9 Å². The number of nitrogens with zero attached hydrogens (tertiary/aromatic N) is 5. The van der Waals surface area contributed by atoms with E-state index in [0.717, 1.165) is 51.6 Å². The Kier molecular flexibility index (Phi) is 4.94. The van der Waals surface area contributed by atoms with Crippen LogP contribution >= 0.6 is 0 Å². The van der Waals surface area contributed by atoms with Crippen LogP contribution < -0.4 is 4.90 Å². The Morgan fingerprint density at radius 2 is 2.04 bits per heavy atom. The number of aromatic nitrogens is 4. The molecule has 0 bridgehead atoms. The first kappa shape index (κ1) is 16.5. The Balaban J connectivity index is 1.55. The van der Waals surface area contributed by atoms with Crippen molar-refractivity contribution in [2.24, 2.45) is 5.92 Å².